The fraction of sp³-hybridized carbons (Fsp3) is 0.310. The summed E-state index contributed by atoms with van der Waals surface area (Å²) in [4.78, 5) is 26.0. The molecule has 2 amide bonds. The van der Waals surface area contributed by atoms with Gasteiger partial charge >= 0.3 is 0 Å². The average molecular weight is 622 g/mol. The fourth-order valence-electron chi connectivity index (χ4n) is 5.04. The van der Waals surface area contributed by atoms with Gasteiger partial charge in [-0.25, -0.2) is 12.8 Å². The summed E-state index contributed by atoms with van der Waals surface area (Å²) in [5, 5.41) is 3.85. The third-order valence-electron chi connectivity index (χ3n) is 6.88. The molecule has 0 spiro atoms. The van der Waals surface area contributed by atoms with Crippen LogP contribution in [0.3, 0.4) is 0 Å². The van der Waals surface area contributed by atoms with E-state index >= 15 is 0 Å². The van der Waals surface area contributed by atoms with Gasteiger partial charge in [-0.3, -0.25) is 18.8 Å². The molecule has 4 rings (SSSR count). The number of nitrogens with zero attached hydrogens (tertiary/aromatic N) is 2. The number of rotatable bonds is 11. The number of amides is 2. The van der Waals surface area contributed by atoms with Crippen molar-refractivity contribution >= 4 is 50.7 Å². The van der Waals surface area contributed by atoms with Crippen LogP contribution in [0.5, 0.6) is 0 Å². The number of nitrogens with two attached hydrogens (primary N) is 1. The van der Waals surface area contributed by atoms with Gasteiger partial charge in [-0.15, -0.1) is 0 Å². The highest BCUT2D eigenvalue weighted by atomic mass is 35.5. The summed E-state index contributed by atoms with van der Waals surface area (Å²) in [7, 11) is -3.84. The number of sulfonamides is 1. The third kappa shape index (κ3) is 7.77. The molecule has 0 bridgehead atoms. The molecule has 3 aromatic rings. The van der Waals surface area contributed by atoms with Crippen molar-refractivity contribution in [1.82, 2.24) is 10.2 Å². The molecule has 1 atom stereocenters. The van der Waals surface area contributed by atoms with Crippen molar-refractivity contribution in [2.24, 2.45) is 11.7 Å². The maximum atomic E-state index is 14.7. The molecule has 0 aliphatic carbocycles. The Kier molecular flexibility index (Phi) is 9.59. The van der Waals surface area contributed by atoms with Gasteiger partial charge in [-0.1, -0.05) is 54.4 Å². The Morgan fingerprint density at radius 3 is 2.05 bits per heavy atom. The van der Waals surface area contributed by atoms with Crippen molar-refractivity contribution in [2.45, 2.75) is 25.4 Å². The minimum absolute atomic E-state index is 0.0312. The second-order valence-corrected chi connectivity index (χ2v) is 13.1. The van der Waals surface area contributed by atoms with E-state index in [0.717, 1.165) is 29.5 Å². The molecule has 0 unspecified atom stereocenters. The van der Waals surface area contributed by atoms with E-state index in [1.807, 2.05) is 24.3 Å². The second kappa shape index (κ2) is 12.8. The summed E-state index contributed by atoms with van der Waals surface area (Å²) in [5.41, 5.74) is 7.16. The Balaban J connectivity index is 1.57. The summed E-state index contributed by atoms with van der Waals surface area (Å²) >= 11 is 12.2. The van der Waals surface area contributed by atoms with Crippen LogP contribution < -0.4 is 15.4 Å². The summed E-state index contributed by atoms with van der Waals surface area (Å²) in [5.74, 6) is -2.04. The maximum Gasteiger partial charge on any atom is 0.251 e. The van der Waals surface area contributed by atoms with Crippen LogP contribution in [0.15, 0.2) is 66.7 Å². The van der Waals surface area contributed by atoms with Gasteiger partial charge in [-0.2, -0.15) is 0 Å². The summed E-state index contributed by atoms with van der Waals surface area (Å²) < 4.78 is 41.8. The monoisotopic (exact) mass is 620 g/mol. The van der Waals surface area contributed by atoms with Crippen LogP contribution in [0.4, 0.5) is 10.1 Å². The number of hydrogen-bond donors (Lipinski definition) is 2. The zero-order chi connectivity index (χ0) is 29.9. The third-order valence-corrected chi connectivity index (χ3v) is 8.60. The number of hydrogen-bond acceptors (Lipinski definition) is 5. The van der Waals surface area contributed by atoms with Gasteiger partial charge in [0, 0.05) is 41.7 Å². The van der Waals surface area contributed by atoms with E-state index in [9.17, 15) is 22.4 Å². The lowest BCUT2D eigenvalue weighted by molar-refractivity contribution is -0.118. The van der Waals surface area contributed by atoms with Gasteiger partial charge in [0.1, 0.15) is 5.82 Å². The molecule has 1 heterocycles. The Morgan fingerprint density at radius 2 is 1.56 bits per heavy atom. The van der Waals surface area contributed by atoms with Crippen molar-refractivity contribution in [3.63, 3.8) is 0 Å². The van der Waals surface area contributed by atoms with E-state index in [-0.39, 0.29) is 36.2 Å². The first-order chi connectivity index (χ1) is 19.3. The zero-order valence-electron chi connectivity index (χ0n) is 22.6. The second-order valence-electron chi connectivity index (χ2n) is 10.4. The van der Waals surface area contributed by atoms with E-state index in [1.54, 1.807) is 31.2 Å². The molecule has 0 radical (unpaired) electrons. The first kappa shape index (κ1) is 30.8. The van der Waals surface area contributed by atoms with Crippen LogP contribution >= 0.6 is 23.2 Å². The quantitative estimate of drug-likeness (QED) is 0.325. The highest BCUT2D eigenvalue weighted by Crippen LogP contribution is 2.37. The standard InChI is InChI=1S/C29H31Cl2FN4O4S/c1-18(11-27(33)37)15-34-29(38)21-12-24(32)14-25(13-21)36(41(2,39)40)26-16-35(17-26)28(19-3-7-22(30)8-4-19)20-5-9-23(31)10-6-20/h3-10,12-14,18,26,28H,11,15-17H2,1-2H3,(H2,33,37)(H,34,38)/t18-/m0/s1. The Hall–Kier alpha value is -3.18. The first-order valence-electron chi connectivity index (χ1n) is 12.9. The number of nitrogens with one attached hydrogen (secondary N) is 1. The molecular weight excluding hydrogens is 590 g/mol. The van der Waals surface area contributed by atoms with Crippen molar-refractivity contribution in [2.75, 3.05) is 30.2 Å². The number of carbonyl (C=O) groups excluding carboxylic acids is 2. The van der Waals surface area contributed by atoms with Crippen molar-refractivity contribution in [3.05, 3.63) is 99.3 Å². The molecule has 1 aliphatic heterocycles. The molecule has 1 aliphatic rings. The topological polar surface area (TPSA) is 113 Å². The lowest BCUT2D eigenvalue weighted by Gasteiger charge is -2.48. The lowest BCUT2D eigenvalue weighted by atomic mass is 9.93. The molecule has 0 saturated carbocycles. The summed E-state index contributed by atoms with van der Waals surface area (Å²) in [6.45, 7) is 2.60. The molecule has 3 aromatic carbocycles. The van der Waals surface area contributed by atoms with Gasteiger partial charge in [-0.05, 0) is 59.5 Å². The molecule has 1 fully saturated rings. The normalized spacial score (nSPS) is 14.9. The van der Waals surface area contributed by atoms with E-state index in [1.165, 1.54) is 10.4 Å². The Morgan fingerprint density at radius 1 is 1.02 bits per heavy atom. The molecular formula is C29H31Cl2FN4O4S. The molecule has 12 heteroatoms. The van der Waals surface area contributed by atoms with Crippen LogP contribution in [-0.4, -0.2) is 57.1 Å². The maximum absolute atomic E-state index is 14.7. The highest BCUT2D eigenvalue weighted by molar-refractivity contribution is 7.92. The van der Waals surface area contributed by atoms with Crippen LogP contribution in [0.2, 0.25) is 10.0 Å². The van der Waals surface area contributed by atoms with Crippen molar-refractivity contribution in [1.29, 1.82) is 0 Å². The number of anilines is 1. The van der Waals surface area contributed by atoms with E-state index < -0.39 is 33.7 Å². The minimum atomic E-state index is -3.84. The number of carbonyl (C=O) groups is 2. The Labute approximate surface area is 249 Å². The summed E-state index contributed by atoms with van der Waals surface area (Å²) in [6, 6.07) is 17.7. The summed E-state index contributed by atoms with van der Waals surface area (Å²) in [6.07, 6.45) is 1.14. The predicted molar refractivity (Wildman–Crippen MR) is 159 cm³/mol. The fourth-order valence-corrected chi connectivity index (χ4v) is 6.46. The zero-order valence-corrected chi connectivity index (χ0v) is 24.9. The van der Waals surface area contributed by atoms with E-state index in [2.05, 4.69) is 10.2 Å². The van der Waals surface area contributed by atoms with E-state index in [4.69, 9.17) is 28.9 Å². The molecule has 0 aromatic heterocycles. The van der Waals surface area contributed by atoms with Crippen LogP contribution in [0, 0.1) is 11.7 Å². The van der Waals surface area contributed by atoms with Crippen molar-refractivity contribution in [3.8, 4) is 0 Å². The van der Waals surface area contributed by atoms with Gasteiger partial charge in [0.25, 0.3) is 5.91 Å². The van der Waals surface area contributed by atoms with Crippen molar-refractivity contribution < 1.29 is 22.4 Å². The Bertz CT molecular complexity index is 1470. The molecule has 3 N–H and O–H groups in total. The van der Waals surface area contributed by atoms with Gasteiger partial charge in [0.05, 0.1) is 24.0 Å². The largest absolute Gasteiger partial charge is 0.370 e. The molecule has 41 heavy (non-hydrogen) atoms. The molecule has 1 saturated heterocycles. The van der Waals surface area contributed by atoms with Crippen LogP contribution in [0.25, 0.3) is 0 Å². The number of likely N-dealkylation sites (tertiary alicyclic amines) is 1. The number of primary amides is 1. The first-order valence-corrected chi connectivity index (χ1v) is 15.5. The lowest BCUT2D eigenvalue weighted by Crippen LogP contribution is -2.61. The van der Waals surface area contributed by atoms with E-state index in [0.29, 0.717) is 23.1 Å². The predicted octanol–water partition coefficient (Wildman–Crippen LogP) is 4.61. The van der Waals surface area contributed by atoms with Gasteiger partial charge < -0.3 is 11.1 Å². The minimum Gasteiger partial charge on any atom is -0.370 e. The smallest absolute Gasteiger partial charge is 0.251 e. The SMILES string of the molecule is C[C@H](CNC(=O)c1cc(F)cc(N(C2CN(C(c3ccc(Cl)cc3)c3ccc(Cl)cc3)C2)S(C)(=O)=O)c1)CC(N)=O. The van der Waals surface area contributed by atoms with Gasteiger partial charge in [0.15, 0.2) is 0 Å². The molecule has 8 nitrogen and oxygen atoms in total. The van der Waals surface area contributed by atoms with Crippen LogP contribution in [0.1, 0.15) is 40.9 Å². The average Bonchev–Trinajstić information content (AvgIpc) is 2.86. The van der Waals surface area contributed by atoms with Gasteiger partial charge in [0.2, 0.25) is 15.9 Å². The highest BCUT2D eigenvalue weighted by Gasteiger charge is 2.41. The van der Waals surface area contributed by atoms with Crippen LogP contribution in [-0.2, 0) is 14.8 Å². The molecule has 218 valence electrons. The number of benzene rings is 3. The number of halogens is 3.